The quantitative estimate of drug-likeness (QED) is 0.784. The van der Waals surface area contributed by atoms with Crippen LogP contribution in [0.3, 0.4) is 0 Å². The lowest BCUT2D eigenvalue weighted by molar-refractivity contribution is -0.114. The number of fused-ring (bicyclic) bond motifs is 1. The van der Waals surface area contributed by atoms with Crippen LogP contribution in [0.5, 0.6) is 0 Å². The number of hydrogen-bond donors (Lipinski definition) is 1. The molecule has 1 N–H and O–H groups in total. The van der Waals surface area contributed by atoms with E-state index >= 15 is 0 Å². The third kappa shape index (κ3) is 4.70. The molecule has 2 aliphatic rings. The van der Waals surface area contributed by atoms with Crippen molar-refractivity contribution in [2.45, 2.75) is 32.1 Å². The van der Waals surface area contributed by atoms with Gasteiger partial charge in [0.2, 0.25) is 5.91 Å². The Morgan fingerprint density at radius 3 is 2.50 bits per heavy atom. The van der Waals surface area contributed by atoms with Crippen LogP contribution in [0.25, 0.3) is 0 Å². The summed E-state index contributed by atoms with van der Waals surface area (Å²) in [5, 5.41) is 3.60. The molecule has 2 aromatic carbocycles. The first-order valence-corrected chi connectivity index (χ1v) is 12.6. The molecule has 0 unspecified atom stereocenters. The van der Waals surface area contributed by atoms with Gasteiger partial charge in [-0.15, -0.1) is 0 Å². The lowest BCUT2D eigenvalue weighted by atomic mass is 10.1. The van der Waals surface area contributed by atoms with E-state index in [1.807, 2.05) is 62.1 Å². The maximum atomic E-state index is 12.9. The molecule has 0 spiro atoms. The van der Waals surface area contributed by atoms with Crippen LogP contribution in [0.4, 0.5) is 11.4 Å². The number of rotatable bonds is 4. The highest BCUT2D eigenvalue weighted by Crippen LogP contribution is 2.37. The Bertz CT molecular complexity index is 1110. The van der Waals surface area contributed by atoms with Crippen molar-refractivity contribution in [3.63, 3.8) is 0 Å². The molecule has 1 amide bonds. The number of aliphatic imine (C=N–C) groups is 1. The summed E-state index contributed by atoms with van der Waals surface area (Å²) in [4.78, 5) is 19.5. The molecule has 158 valence electrons. The monoisotopic (exact) mass is 443 g/mol. The number of amidine groups is 1. The molecule has 2 aromatic rings. The van der Waals surface area contributed by atoms with E-state index in [2.05, 4.69) is 11.4 Å². The summed E-state index contributed by atoms with van der Waals surface area (Å²) in [6.45, 7) is 6.13. The normalized spacial score (nSPS) is 21.8. The van der Waals surface area contributed by atoms with E-state index < -0.39 is 9.84 Å². The van der Waals surface area contributed by atoms with Crippen LogP contribution in [0.2, 0.25) is 0 Å². The molecule has 2 aliphatic heterocycles. The number of nitrogens with zero attached hydrogens (tertiary/aromatic N) is 2. The van der Waals surface area contributed by atoms with Crippen molar-refractivity contribution in [2.75, 3.05) is 28.3 Å². The number of sulfone groups is 1. The molecule has 8 heteroatoms. The Balaban J connectivity index is 1.60. The smallest absolute Gasteiger partial charge is 0.244 e. The minimum absolute atomic E-state index is 0.0711. The summed E-state index contributed by atoms with van der Waals surface area (Å²) in [6, 6.07) is 13.6. The number of thioether (sulfide) groups is 1. The summed E-state index contributed by atoms with van der Waals surface area (Å²) in [7, 11) is -3.03. The van der Waals surface area contributed by atoms with Crippen LogP contribution in [0.1, 0.15) is 16.7 Å². The van der Waals surface area contributed by atoms with Gasteiger partial charge < -0.3 is 10.2 Å². The molecule has 6 nitrogen and oxygen atoms in total. The van der Waals surface area contributed by atoms with Gasteiger partial charge in [0.05, 0.1) is 17.5 Å². The Morgan fingerprint density at radius 2 is 1.83 bits per heavy atom. The summed E-state index contributed by atoms with van der Waals surface area (Å²) in [5.74, 6) is 0.0864. The first-order valence-electron chi connectivity index (χ1n) is 9.86. The second-order valence-corrected chi connectivity index (χ2v) is 11.4. The standard InChI is InChI=1S/C22H25N3O3S2/c1-14-5-4-6-17(8-14)23-21(26)11-25(18-9-15(2)7-16(3)10-18)22-24-19-12-30(27,28)13-20(19)29-22/h4-10,19-20H,11-13H2,1-3H3,(H,23,26)/t19-,20+/m1/s1. The Hall–Kier alpha value is -2.32. The van der Waals surface area contributed by atoms with E-state index in [0.29, 0.717) is 5.17 Å². The highest BCUT2D eigenvalue weighted by atomic mass is 32.2. The number of aryl methyl sites for hydroxylation is 3. The van der Waals surface area contributed by atoms with Gasteiger partial charge >= 0.3 is 0 Å². The summed E-state index contributed by atoms with van der Waals surface area (Å²) < 4.78 is 23.9. The van der Waals surface area contributed by atoms with Crippen LogP contribution in [0.15, 0.2) is 47.5 Å². The molecule has 0 radical (unpaired) electrons. The summed E-state index contributed by atoms with van der Waals surface area (Å²) in [5.41, 5.74) is 4.91. The maximum Gasteiger partial charge on any atom is 0.244 e. The van der Waals surface area contributed by atoms with Gasteiger partial charge in [-0.05, 0) is 61.7 Å². The fraction of sp³-hybridized carbons (Fsp3) is 0.364. The van der Waals surface area contributed by atoms with Crippen molar-refractivity contribution < 1.29 is 13.2 Å². The first kappa shape index (κ1) is 20.9. The number of nitrogens with one attached hydrogen (secondary N) is 1. The van der Waals surface area contributed by atoms with Crippen LogP contribution in [-0.4, -0.2) is 48.8 Å². The zero-order valence-corrected chi connectivity index (χ0v) is 18.9. The number of amides is 1. The van der Waals surface area contributed by atoms with Gasteiger partial charge in [0.15, 0.2) is 15.0 Å². The molecule has 1 fully saturated rings. The fourth-order valence-electron chi connectivity index (χ4n) is 3.91. The third-order valence-electron chi connectivity index (χ3n) is 5.16. The number of carbonyl (C=O) groups is 1. The van der Waals surface area contributed by atoms with Crippen molar-refractivity contribution in [1.29, 1.82) is 0 Å². The molecule has 0 aromatic heterocycles. The summed E-state index contributed by atoms with van der Waals surface area (Å²) in [6.07, 6.45) is 0. The van der Waals surface area contributed by atoms with E-state index in [1.165, 1.54) is 11.8 Å². The Morgan fingerprint density at radius 1 is 1.10 bits per heavy atom. The molecule has 0 saturated carbocycles. The fourth-order valence-corrected chi connectivity index (χ4v) is 7.69. The van der Waals surface area contributed by atoms with Crippen LogP contribution >= 0.6 is 11.8 Å². The van der Waals surface area contributed by atoms with E-state index in [-0.39, 0.29) is 35.2 Å². The zero-order valence-electron chi connectivity index (χ0n) is 17.3. The topological polar surface area (TPSA) is 78.8 Å². The molecule has 2 heterocycles. The van der Waals surface area contributed by atoms with Crippen molar-refractivity contribution in [3.8, 4) is 0 Å². The molecule has 1 saturated heterocycles. The van der Waals surface area contributed by atoms with Gasteiger partial charge in [-0.1, -0.05) is 30.0 Å². The van der Waals surface area contributed by atoms with E-state index in [4.69, 9.17) is 4.99 Å². The number of hydrogen-bond acceptors (Lipinski definition) is 6. The highest BCUT2D eigenvalue weighted by molar-refractivity contribution is 8.15. The largest absolute Gasteiger partial charge is 0.325 e. The molecule has 30 heavy (non-hydrogen) atoms. The lowest BCUT2D eigenvalue weighted by Crippen LogP contribution is -2.36. The number of anilines is 2. The Kier molecular flexibility index (Phi) is 5.63. The lowest BCUT2D eigenvalue weighted by Gasteiger charge is -2.25. The van der Waals surface area contributed by atoms with Crippen LogP contribution < -0.4 is 10.2 Å². The van der Waals surface area contributed by atoms with Crippen LogP contribution in [0, 0.1) is 20.8 Å². The van der Waals surface area contributed by atoms with Gasteiger partial charge in [-0.2, -0.15) is 0 Å². The predicted octanol–water partition coefficient (Wildman–Crippen LogP) is 3.33. The third-order valence-corrected chi connectivity index (χ3v) is 8.41. The average molecular weight is 444 g/mol. The SMILES string of the molecule is Cc1cccc(NC(=O)CN(C2=N[C@@H]3CS(=O)(=O)C[C@@H]3S2)c2cc(C)cc(C)c2)c1. The molecule has 0 aliphatic carbocycles. The van der Waals surface area contributed by atoms with Crippen molar-refractivity contribution in [2.24, 2.45) is 4.99 Å². The van der Waals surface area contributed by atoms with Crippen molar-refractivity contribution >= 4 is 44.0 Å². The van der Waals surface area contributed by atoms with E-state index in [1.54, 1.807) is 0 Å². The first-order chi connectivity index (χ1) is 14.2. The van der Waals surface area contributed by atoms with Crippen molar-refractivity contribution in [1.82, 2.24) is 0 Å². The Labute approximate surface area is 181 Å². The zero-order chi connectivity index (χ0) is 21.5. The average Bonchev–Trinajstić information content (AvgIpc) is 3.12. The van der Waals surface area contributed by atoms with Gasteiger partial charge in [-0.25, -0.2) is 8.42 Å². The number of carbonyl (C=O) groups excluding carboxylic acids is 1. The molecule has 4 rings (SSSR count). The predicted molar refractivity (Wildman–Crippen MR) is 124 cm³/mol. The minimum atomic E-state index is -3.03. The van der Waals surface area contributed by atoms with E-state index in [0.717, 1.165) is 28.1 Å². The van der Waals surface area contributed by atoms with Gasteiger partial charge in [0.1, 0.15) is 6.54 Å². The van der Waals surface area contributed by atoms with E-state index in [9.17, 15) is 13.2 Å². The van der Waals surface area contributed by atoms with Crippen LogP contribution in [-0.2, 0) is 14.6 Å². The maximum absolute atomic E-state index is 12.9. The highest BCUT2D eigenvalue weighted by Gasteiger charge is 2.44. The molecular weight excluding hydrogens is 418 g/mol. The molecule has 2 atom stereocenters. The number of benzene rings is 2. The molecule has 0 bridgehead atoms. The van der Waals surface area contributed by atoms with Gasteiger partial charge in [-0.3, -0.25) is 9.79 Å². The summed E-state index contributed by atoms with van der Waals surface area (Å²) >= 11 is 1.47. The second kappa shape index (κ2) is 8.07. The molecular formula is C22H25N3O3S2. The van der Waals surface area contributed by atoms with Gasteiger partial charge in [0.25, 0.3) is 0 Å². The van der Waals surface area contributed by atoms with Crippen molar-refractivity contribution in [3.05, 3.63) is 59.2 Å². The second-order valence-electron chi connectivity index (χ2n) is 8.06. The van der Waals surface area contributed by atoms with Gasteiger partial charge in [0, 0.05) is 16.6 Å². The minimum Gasteiger partial charge on any atom is -0.325 e.